The van der Waals surface area contributed by atoms with Crippen molar-refractivity contribution in [2.24, 2.45) is 0 Å². The molecule has 1 aromatic carbocycles. The van der Waals surface area contributed by atoms with Crippen LogP contribution in [0.25, 0.3) is 11.0 Å². The summed E-state index contributed by atoms with van der Waals surface area (Å²) in [6, 6.07) is 4.97. The first-order chi connectivity index (χ1) is 7.13. The first kappa shape index (κ1) is 9.58. The molecule has 0 saturated carbocycles. The van der Waals surface area contributed by atoms with Crippen LogP contribution in [0, 0.1) is 0 Å². The molecule has 0 bridgehead atoms. The highest BCUT2D eigenvalue weighted by Gasteiger charge is 2.16. The third-order valence-corrected chi connectivity index (χ3v) is 2.19. The molecule has 4 heteroatoms. The molecular formula is C11H10O4. The van der Waals surface area contributed by atoms with Gasteiger partial charge in [0.2, 0.25) is 5.76 Å². The Morgan fingerprint density at radius 3 is 2.80 bits per heavy atom. The third-order valence-electron chi connectivity index (χ3n) is 2.19. The Balaban J connectivity index is 2.70. The molecule has 0 aliphatic heterocycles. The molecule has 0 unspecified atom stereocenters. The van der Waals surface area contributed by atoms with E-state index in [0.717, 1.165) is 0 Å². The van der Waals surface area contributed by atoms with Crippen LogP contribution in [0.4, 0.5) is 0 Å². The van der Waals surface area contributed by atoms with E-state index < -0.39 is 0 Å². The van der Waals surface area contributed by atoms with Crippen molar-refractivity contribution in [1.82, 2.24) is 0 Å². The maximum atomic E-state index is 11.1. The molecular weight excluding hydrogens is 196 g/mol. The molecule has 0 aliphatic rings. The number of furan rings is 1. The molecule has 0 aliphatic carbocycles. The summed E-state index contributed by atoms with van der Waals surface area (Å²) >= 11 is 0. The minimum atomic E-state index is -0.303. The number of hydrogen-bond acceptors (Lipinski definition) is 4. The second-order valence-electron chi connectivity index (χ2n) is 3.20. The van der Waals surface area contributed by atoms with Crippen LogP contribution in [0.1, 0.15) is 17.5 Å². The van der Waals surface area contributed by atoms with E-state index in [4.69, 9.17) is 9.15 Å². The molecule has 1 heterocycles. The van der Waals surface area contributed by atoms with Gasteiger partial charge in [0.15, 0.2) is 11.5 Å². The van der Waals surface area contributed by atoms with E-state index in [1.165, 1.54) is 14.0 Å². The number of carbonyl (C=O) groups excluding carboxylic acids is 1. The van der Waals surface area contributed by atoms with Gasteiger partial charge in [0.1, 0.15) is 11.3 Å². The van der Waals surface area contributed by atoms with E-state index in [1.54, 1.807) is 18.2 Å². The number of carbonyl (C=O) groups is 1. The number of Topliss-reactive ketones (excluding diaryl/α,β-unsaturated/α-hetero) is 1. The van der Waals surface area contributed by atoms with Crippen LogP contribution in [-0.4, -0.2) is 18.0 Å². The van der Waals surface area contributed by atoms with Gasteiger partial charge in [-0.3, -0.25) is 4.79 Å². The summed E-state index contributed by atoms with van der Waals surface area (Å²) in [5.41, 5.74) is 0.442. The molecule has 15 heavy (non-hydrogen) atoms. The maximum Gasteiger partial charge on any atom is 0.212 e. The molecule has 2 aromatic rings. The Morgan fingerprint density at radius 1 is 1.47 bits per heavy atom. The fourth-order valence-electron chi connectivity index (χ4n) is 1.43. The normalized spacial score (nSPS) is 10.5. The lowest BCUT2D eigenvalue weighted by Gasteiger charge is -1.96. The molecule has 0 fully saturated rings. The predicted octanol–water partition coefficient (Wildman–Crippen LogP) is 2.35. The van der Waals surface area contributed by atoms with Crippen LogP contribution in [0.5, 0.6) is 11.5 Å². The molecule has 78 valence electrons. The molecule has 0 amide bonds. The number of ether oxygens (including phenoxy) is 1. The number of fused-ring (bicyclic) bond motifs is 1. The number of rotatable bonds is 2. The first-order valence-electron chi connectivity index (χ1n) is 4.44. The highest BCUT2D eigenvalue weighted by molar-refractivity contribution is 6.01. The van der Waals surface area contributed by atoms with Crippen molar-refractivity contribution in [3.8, 4) is 11.5 Å². The molecule has 0 spiro atoms. The zero-order valence-corrected chi connectivity index (χ0v) is 8.40. The third kappa shape index (κ3) is 1.44. The standard InChI is InChI=1S/C11H10O4/c1-6(12)11-10(13)8-4-3-7(14-2)5-9(8)15-11/h3-5,13H,1-2H3. The van der Waals surface area contributed by atoms with Gasteiger partial charge in [0.25, 0.3) is 0 Å². The van der Waals surface area contributed by atoms with Crippen LogP contribution in [0.2, 0.25) is 0 Å². The Bertz CT molecular complexity index is 525. The van der Waals surface area contributed by atoms with E-state index in [9.17, 15) is 9.90 Å². The minimum absolute atomic E-state index is 0.0155. The van der Waals surface area contributed by atoms with Gasteiger partial charge < -0.3 is 14.3 Å². The van der Waals surface area contributed by atoms with Gasteiger partial charge in [-0.2, -0.15) is 0 Å². The summed E-state index contributed by atoms with van der Waals surface area (Å²) in [6.07, 6.45) is 0. The summed E-state index contributed by atoms with van der Waals surface area (Å²) in [6.45, 7) is 1.34. The Kier molecular flexibility index (Phi) is 2.11. The van der Waals surface area contributed by atoms with Crippen LogP contribution < -0.4 is 4.74 Å². The van der Waals surface area contributed by atoms with Crippen molar-refractivity contribution < 1.29 is 19.1 Å². The number of hydrogen-bond donors (Lipinski definition) is 1. The SMILES string of the molecule is COc1ccc2c(O)c(C(C)=O)oc2c1. The highest BCUT2D eigenvalue weighted by Crippen LogP contribution is 2.34. The first-order valence-corrected chi connectivity index (χ1v) is 4.44. The Morgan fingerprint density at radius 2 is 2.20 bits per heavy atom. The van der Waals surface area contributed by atoms with Crippen molar-refractivity contribution >= 4 is 16.8 Å². The highest BCUT2D eigenvalue weighted by atomic mass is 16.5. The minimum Gasteiger partial charge on any atom is -0.504 e. The molecule has 0 atom stereocenters. The smallest absolute Gasteiger partial charge is 0.212 e. The van der Waals surface area contributed by atoms with Crippen molar-refractivity contribution in [3.63, 3.8) is 0 Å². The van der Waals surface area contributed by atoms with Gasteiger partial charge in [-0.1, -0.05) is 0 Å². The van der Waals surface area contributed by atoms with Crippen molar-refractivity contribution in [1.29, 1.82) is 0 Å². The lowest BCUT2D eigenvalue weighted by atomic mass is 10.2. The number of ketones is 1. The average molecular weight is 206 g/mol. The molecule has 0 saturated heterocycles. The van der Waals surface area contributed by atoms with Crippen molar-refractivity contribution in [2.75, 3.05) is 7.11 Å². The topological polar surface area (TPSA) is 59.7 Å². The molecule has 4 nitrogen and oxygen atoms in total. The van der Waals surface area contributed by atoms with Gasteiger partial charge in [-0.05, 0) is 12.1 Å². The molecule has 2 rings (SSSR count). The van der Waals surface area contributed by atoms with E-state index >= 15 is 0 Å². The number of aromatic hydroxyl groups is 1. The summed E-state index contributed by atoms with van der Waals surface area (Å²) in [5.74, 6) is 0.187. The summed E-state index contributed by atoms with van der Waals surface area (Å²) < 4.78 is 10.2. The van der Waals surface area contributed by atoms with Crippen LogP contribution in [-0.2, 0) is 0 Å². The second-order valence-corrected chi connectivity index (χ2v) is 3.20. The molecule has 0 radical (unpaired) electrons. The number of benzene rings is 1. The fourth-order valence-corrected chi connectivity index (χ4v) is 1.43. The van der Waals surface area contributed by atoms with Gasteiger partial charge in [-0.15, -0.1) is 0 Å². The largest absolute Gasteiger partial charge is 0.504 e. The van der Waals surface area contributed by atoms with Crippen molar-refractivity contribution in [3.05, 3.63) is 24.0 Å². The lowest BCUT2D eigenvalue weighted by molar-refractivity contribution is 0.0985. The van der Waals surface area contributed by atoms with Gasteiger partial charge in [-0.25, -0.2) is 0 Å². The fraction of sp³-hybridized carbons (Fsp3) is 0.182. The van der Waals surface area contributed by atoms with Crippen LogP contribution in [0.15, 0.2) is 22.6 Å². The lowest BCUT2D eigenvalue weighted by Crippen LogP contribution is -1.87. The van der Waals surface area contributed by atoms with E-state index in [2.05, 4.69) is 0 Å². The van der Waals surface area contributed by atoms with Crippen LogP contribution >= 0.6 is 0 Å². The zero-order valence-electron chi connectivity index (χ0n) is 8.40. The Labute approximate surface area is 86.1 Å². The van der Waals surface area contributed by atoms with Gasteiger partial charge >= 0.3 is 0 Å². The van der Waals surface area contributed by atoms with Crippen molar-refractivity contribution in [2.45, 2.75) is 6.92 Å². The predicted molar refractivity (Wildman–Crippen MR) is 54.4 cm³/mol. The van der Waals surface area contributed by atoms with Crippen LogP contribution in [0.3, 0.4) is 0 Å². The maximum absolute atomic E-state index is 11.1. The average Bonchev–Trinajstić information content (AvgIpc) is 2.55. The summed E-state index contributed by atoms with van der Waals surface area (Å²) in [5, 5.41) is 10.2. The summed E-state index contributed by atoms with van der Waals surface area (Å²) in [7, 11) is 1.54. The molecule has 1 N–H and O–H groups in total. The van der Waals surface area contributed by atoms with Gasteiger partial charge in [0, 0.05) is 13.0 Å². The Hall–Kier alpha value is -1.97. The monoisotopic (exact) mass is 206 g/mol. The molecule has 1 aromatic heterocycles. The van der Waals surface area contributed by atoms with E-state index in [1.807, 2.05) is 0 Å². The van der Waals surface area contributed by atoms with E-state index in [0.29, 0.717) is 16.7 Å². The van der Waals surface area contributed by atoms with Gasteiger partial charge in [0.05, 0.1) is 12.5 Å². The zero-order chi connectivity index (χ0) is 11.0. The number of methoxy groups -OCH3 is 1. The summed E-state index contributed by atoms with van der Waals surface area (Å²) in [4.78, 5) is 11.1. The second kappa shape index (κ2) is 3.31. The quantitative estimate of drug-likeness (QED) is 0.766. The van der Waals surface area contributed by atoms with E-state index in [-0.39, 0.29) is 17.3 Å².